The molecule has 0 bridgehead atoms. The number of rotatable bonds is 5. The molecule has 3 N–H and O–H groups in total. The third-order valence-electron chi connectivity index (χ3n) is 3.92. The number of carbonyl (C=O) groups is 2. The standard InChI is InChI=1S/C16H22ClN3O3.ClH/c1-20(16(22)15(18)11-5-7-23-8-6-11)10-14(21)19-13-4-2-3-12(17)9-13;/h2-4,9,11,15H,5-8,10,18H2,1H3,(H,19,21);1H. The Balaban J connectivity index is 0.00000288. The number of hydrogen-bond acceptors (Lipinski definition) is 4. The maximum Gasteiger partial charge on any atom is 0.243 e. The summed E-state index contributed by atoms with van der Waals surface area (Å²) in [6, 6.07) is 6.25. The van der Waals surface area contributed by atoms with E-state index in [1.54, 1.807) is 31.3 Å². The molecule has 0 aromatic heterocycles. The van der Waals surface area contributed by atoms with Crippen LogP contribution in [-0.2, 0) is 14.3 Å². The molecule has 8 heteroatoms. The number of ether oxygens (including phenoxy) is 1. The molecule has 0 spiro atoms. The molecule has 1 atom stereocenters. The normalized spacial score (nSPS) is 16.0. The molecule has 2 amide bonds. The summed E-state index contributed by atoms with van der Waals surface area (Å²) in [7, 11) is 1.58. The minimum atomic E-state index is -0.595. The van der Waals surface area contributed by atoms with Gasteiger partial charge in [0.15, 0.2) is 0 Å². The van der Waals surface area contributed by atoms with Crippen molar-refractivity contribution in [3.8, 4) is 0 Å². The van der Waals surface area contributed by atoms with Gasteiger partial charge >= 0.3 is 0 Å². The van der Waals surface area contributed by atoms with Gasteiger partial charge in [-0.1, -0.05) is 17.7 Å². The van der Waals surface area contributed by atoms with Crippen LogP contribution in [0.2, 0.25) is 5.02 Å². The van der Waals surface area contributed by atoms with Crippen molar-refractivity contribution in [2.24, 2.45) is 11.7 Å². The van der Waals surface area contributed by atoms with Crippen molar-refractivity contribution >= 4 is 41.5 Å². The van der Waals surface area contributed by atoms with Gasteiger partial charge in [-0.05, 0) is 37.0 Å². The Bertz CT molecular complexity index is 565. The Labute approximate surface area is 153 Å². The highest BCUT2D eigenvalue weighted by molar-refractivity contribution is 6.30. The Kier molecular flexibility index (Phi) is 8.48. The van der Waals surface area contributed by atoms with Gasteiger partial charge in [0, 0.05) is 31.0 Å². The minimum absolute atomic E-state index is 0. The maximum atomic E-state index is 12.3. The first-order valence-electron chi connectivity index (χ1n) is 7.61. The third kappa shape index (κ3) is 5.94. The molecule has 1 fully saturated rings. The SMILES string of the molecule is CN(CC(=O)Nc1cccc(Cl)c1)C(=O)C(N)C1CCOCC1.Cl. The van der Waals surface area contributed by atoms with E-state index in [1.165, 1.54) is 4.90 Å². The van der Waals surface area contributed by atoms with Crippen LogP contribution in [0.15, 0.2) is 24.3 Å². The Morgan fingerprint density at radius 3 is 2.71 bits per heavy atom. The lowest BCUT2D eigenvalue weighted by atomic mass is 9.91. The van der Waals surface area contributed by atoms with E-state index in [0.717, 1.165) is 12.8 Å². The van der Waals surface area contributed by atoms with Crippen molar-refractivity contribution in [2.45, 2.75) is 18.9 Å². The molecule has 1 aromatic rings. The van der Waals surface area contributed by atoms with Gasteiger partial charge < -0.3 is 20.7 Å². The second kappa shape index (κ2) is 9.84. The molecule has 1 saturated heterocycles. The van der Waals surface area contributed by atoms with Crippen molar-refractivity contribution in [1.29, 1.82) is 0 Å². The highest BCUT2D eigenvalue weighted by Gasteiger charge is 2.29. The van der Waals surface area contributed by atoms with Crippen LogP contribution in [0.5, 0.6) is 0 Å². The molecule has 0 radical (unpaired) electrons. The second-order valence-electron chi connectivity index (χ2n) is 5.73. The predicted molar refractivity (Wildman–Crippen MR) is 96.5 cm³/mol. The average molecular weight is 376 g/mol. The van der Waals surface area contributed by atoms with Crippen LogP contribution in [-0.4, -0.2) is 49.6 Å². The number of nitrogens with two attached hydrogens (primary N) is 1. The number of benzene rings is 1. The molecule has 2 rings (SSSR count). The lowest BCUT2D eigenvalue weighted by molar-refractivity contribution is -0.136. The summed E-state index contributed by atoms with van der Waals surface area (Å²) in [4.78, 5) is 25.7. The summed E-state index contributed by atoms with van der Waals surface area (Å²) in [5.41, 5.74) is 6.64. The van der Waals surface area contributed by atoms with Crippen LogP contribution in [0.3, 0.4) is 0 Å². The number of carbonyl (C=O) groups excluding carboxylic acids is 2. The van der Waals surface area contributed by atoms with Gasteiger partial charge in [0.25, 0.3) is 0 Å². The van der Waals surface area contributed by atoms with Crippen LogP contribution >= 0.6 is 24.0 Å². The van der Waals surface area contributed by atoms with E-state index in [0.29, 0.717) is 23.9 Å². The van der Waals surface area contributed by atoms with Gasteiger partial charge in [-0.3, -0.25) is 9.59 Å². The smallest absolute Gasteiger partial charge is 0.243 e. The summed E-state index contributed by atoms with van der Waals surface area (Å²) in [5.74, 6) is -0.407. The van der Waals surface area contributed by atoms with E-state index in [2.05, 4.69) is 5.32 Å². The Morgan fingerprint density at radius 1 is 1.42 bits per heavy atom. The van der Waals surface area contributed by atoms with Crippen molar-refractivity contribution in [2.75, 3.05) is 32.1 Å². The van der Waals surface area contributed by atoms with Crippen molar-refractivity contribution in [1.82, 2.24) is 4.90 Å². The molecule has 0 aliphatic carbocycles. The quantitative estimate of drug-likeness (QED) is 0.822. The molecular formula is C16H23Cl2N3O3. The van der Waals surface area contributed by atoms with Gasteiger partial charge in [-0.15, -0.1) is 12.4 Å². The van der Waals surface area contributed by atoms with E-state index in [4.69, 9.17) is 22.1 Å². The van der Waals surface area contributed by atoms with Gasteiger partial charge in [-0.25, -0.2) is 0 Å². The number of hydrogen-bond donors (Lipinski definition) is 2. The molecular weight excluding hydrogens is 353 g/mol. The van der Waals surface area contributed by atoms with Crippen molar-refractivity contribution in [3.05, 3.63) is 29.3 Å². The first-order chi connectivity index (χ1) is 11.0. The van der Waals surface area contributed by atoms with E-state index in [1.807, 2.05) is 0 Å². The summed E-state index contributed by atoms with van der Waals surface area (Å²) in [6.07, 6.45) is 1.55. The molecule has 24 heavy (non-hydrogen) atoms. The number of amides is 2. The van der Waals surface area contributed by atoms with Gasteiger partial charge in [-0.2, -0.15) is 0 Å². The molecule has 6 nitrogen and oxygen atoms in total. The predicted octanol–water partition coefficient (Wildman–Crippen LogP) is 1.91. The highest BCUT2D eigenvalue weighted by atomic mass is 35.5. The van der Waals surface area contributed by atoms with Gasteiger partial charge in [0.1, 0.15) is 0 Å². The monoisotopic (exact) mass is 375 g/mol. The summed E-state index contributed by atoms with van der Waals surface area (Å²) >= 11 is 5.87. The molecule has 1 unspecified atom stereocenters. The van der Waals surface area contributed by atoms with Crippen LogP contribution < -0.4 is 11.1 Å². The number of nitrogens with one attached hydrogen (secondary N) is 1. The van der Waals surface area contributed by atoms with Crippen LogP contribution in [0.1, 0.15) is 12.8 Å². The zero-order valence-electron chi connectivity index (χ0n) is 13.5. The van der Waals surface area contributed by atoms with Gasteiger partial charge in [0.05, 0.1) is 12.6 Å². The first kappa shape index (κ1) is 20.7. The van der Waals surface area contributed by atoms with Crippen molar-refractivity contribution in [3.63, 3.8) is 0 Å². The molecule has 1 aromatic carbocycles. The Morgan fingerprint density at radius 2 is 2.08 bits per heavy atom. The fourth-order valence-corrected chi connectivity index (χ4v) is 2.78. The summed E-state index contributed by atoms with van der Waals surface area (Å²) in [5, 5.41) is 3.24. The largest absolute Gasteiger partial charge is 0.381 e. The van der Waals surface area contributed by atoms with Crippen LogP contribution in [0, 0.1) is 5.92 Å². The number of anilines is 1. The minimum Gasteiger partial charge on any atom is -0.381 e. The van der Waals surface area contributed by atoms with Crippen LogP contribution in [0.25, 0.3) is 0 Å². The molecule has 1 aliphatic heterocycles. The summed E-state index contributed by atoms with van der Waals surface area (Å²) < 4.78 is 5.28. The van der Waals surface area contributed by atoms with E-state index in [9.17, 15) is 9.59 Å². The molecule has 1 heterocycles. The number of nitrogens with zero attached hydrogens (tertiary/aromatic N) is 1. The van der Waals surface area contributed by atoms with E-state index in [-0.39, 0.29) is 36.7 Å². The first-order valence-corrected chi connectivity index (χ1v) is 7.99. The van der Waals surface area contributed by atoms with E-state index >= 15 is 0 Å². The lowest BCUT2D eigenvalue weighted by Gasteiger charge is -2.29. The number of halogens is 2. The topological polar surface area (TPSA) is 84.7 Å². The lowest BCUT2D eigenvalue weighted by Crippen LogP contribution is -2.49. The average Bonchev–Trinajstić information content (AvgIpc) is 2.54. The van der Waals surface area contributed by atoms with E-state index < -0.39 is 6.04 Å². The maximum absolute atomic E-state index is 12.3. The van der Waals surface area contributed by atoms with Crippen LogP contribution in [0.4, 0.5) is 5.69 Å². The second-order valence-corrected chi connectivity index (χ2v) is 6.16. The zero-order chi connectivity index (χ0) is 16.8. The van der Waals surface area contributed by atoms with Gasteiger partial charge in [0.2, 0.25) is 11.8 Å². The summed E-state index contributed by atoms with van der Waals surface area (Å²) in [6.45, 7) is 1.21. The number of likely N-dealkylation sites (N-methyl/N-ethyl adjacent to an activating group) is 1. The van der Waals surface area contributed by atoms with Crippen molar-refractivity contribution < 1.29 is 14.3 Å². The molecule has 0 saturated carbocycles. The zero-order valence-corrected chi connectivity index (χ0v) is 15.1. The fraction of sp³-hybridized carbons (Fsp3) is 0.500. The third-order valence-corrected chi connectivity index (χ3v) is 4.16. The molecule has 134 valence electrons. The molecule has 1 aliphatic rings. The fourth-order valence-electron chi connectivity index (χ4n) is 2.59. The Hall–Kier alpha value is -1.34. The highest BCUT2D eigenvalue weighted by Crippen LogP contribution is 2.19.